The van der Waals surface area contributed by atoms with E-state index in [1.807, 2.05) is 0 Å². The summed E-state index contributed by atoms with van der Waals surface area (Å²) in [6, 6.07) is 25.9. The minimum Gasteiger partial charge on any atom is -0.130 e. The molecule has 0 aliphatic heterocycles. The van der Waals surface area contributed by atoms with Crippen molar-refractivity contribution in [2.75, 3.05) is 0 Å². The van der Waals surface area contributed by atoms with Gasteiger partial charge >= 0.3 is 0 Å². The second kappa shape index (κ2) is 5.51. The molecule has 0 nitrogen and oxygen atoms in total. The van der Waals surface area contributed by atoms with Crippen LogP contribution in [0.3, 0.4) is 0 Å². The molecule has 28 heavy (non-hydrogen) atoms. The van der Waals surface area contributed by atoms with E-state index in [1.54, 1.807) is 0 Å². The molecular weight excluding hydrogens is 352 g/mol. The van der Waals surface area contributed by atoms with E-state index >= 15 is 0 Å². The van der Waals surface area contributed by atoms with Crippen molar-refractivity contribution >= 4 is 8.07 Å². The maximum absolute atomic E-state index is 6.33. The molecule has 134 valence electrons. The first-order valence-corrected chi connectivity index (χ1v) is 13.3. The topological polar surface area (TPSA) is 0 Å². The molecule has 0 atom stereocenters. The Bertz CT molecular complexity index is 1100. The van der Waals surface area contributed by atoms with Crippen LogP contribution in [-0.2, 0) is 10.8 Å². The fraction of sp³-hybridized carbons (Fsp3) is 0.185. The molecule has 0 radical (unpaired) electrons. The smallest absolute Gasteiger partial charge is 0.129 e. The molecule has 0 saturated heterocycles. The summed E-state index contributed by atoms with van der Waals surface area (Å²) in [7, 11) is -1.58. The largest absolute Gasteiger partial charge is 0.130 e. The van der Waals surface area contributed by atoms with Crippen LogP contribution in [0.5, 0.6) is 0 Å². The molecule has 3 aliphatic carbocycles. The molecule has 3 aromatic rings. The molecule has 0 N–H and O–H groups in total. The van der Waals surface area contributed by atoms with Gasteiger partial charge in [0.25, 0.3) is 0 Å². The van der Waals surface area contributed by atoms with E-state index in [9.17, 15) is 0 Å². The van der Waals surface area contributed by atoms with E-state index in [4.69, 9.17) is 6.42 Å². The SMILES string of the molecule is C#CC12c3ccccc3C(C#C[Si](C)(C)C)(c3ccccc31)c1ccccc12. The Labute approximate surface area is 168 Å². The van der Waals surface area contributed by atoms with Crippen molar-refractivity contribution in [2.24, 2.45) is 0 Å². The van der Waals surface area contributed by atoms with Gasteiger partial charge in [-0.25, -0.2) is 0 Å². The molecule has 0 spiro atoms. The first kappa shape index (κ1) is 17.1. The number of terminal acetylenes is 1. The van der Waals surface area contributed by atoms with Crippen LogP contribution >= 0.6 is 0 Å². The average molecular weight is 375 g/mol. The van der Waals surface area contributed by atoms with Gasteiger partial charge in [0.15, 0.2) is 0 Å². The van der Waals surface area contributed by atoms with Gasteiger partial charge in [-0.1, -0.05) is 104 Å². The predicted molar refractivity (Wildman–Crippen MR) is 119 cm³/mol. The lowest BCUT2D eigenvalue weighted by atomic mass is 9.47. The zero-order valence-electron chi connectivity index (χ0n) is 16.5. The molecule has 3 aromatic carbocycles. The van der Waals surface area contributed by atoms with Gasteiger partial charge in [0.05, 0.1) is 0 Å². The van der Waals surface area contributed by atoms with E-state index in [-0.39, 0.29) is 0 Å². The second-order valence-corrected chi connectivity index (χ2v) is 13.5. The molecule has 0 saturated carbocycles. The zero-order chi connectivity index (χ0) is 19.6. The Balaban J connectivity index is 2.04. The summed E-state index contributed by atoms with van der Waals surface area (Å²) < 4.78 is 0. The highest BCUT2D eigenvalue weighted by Crippen LogP contribution is 2.61. The number of hydrogen-bond acceptors (Lipinski definition) is 0. The highest BCUT2D eigenvalue weighted by atomic mass is 28.3. The van der Waals surface area contributed by atoms with Crippen LogP contribution in [0, 0.1) is 23.8 Å². The van der Waals surface area contributed by atoms with E-state index in [2.05, 4.69) is 110 Å². The van der Waals surface area contributed by atoms with Gasteiger partial charge in [-0.3, -0.25) is 0 Å². The second-order valence-electron chi connectivity index (χ2n) is 8.78. The molecule has 0 aromatic heterocycles. The van der Waals surface area contributed by atoms with Gasteiger partial charge < -0.3 is 0 Å². The Hall–Kier alpha value is -3.00. The van der Waals surface area contributed by atoms with E-state index < -0.39 is 18.9 Å². The van der Waals surface area contributed by atoms with Crippen molar-refractivity contribution in [3.63, 3.8) is 0 Å². The molecule has 0 heterocycles. The van der Waals surface area contributed by atoms with Gasteiger partial charge in [-0.05, 0) is 33.4 Å². The van der Waals surface area contributed by atoms with Gasteiger partial charge in [-0.15, -0.1) is 12.0 Å². The van der Waals surface area contributed by atoms with Gasteiger partial charge in [0.1, 0.15) is 18.9 Å². The molecule has 1 heteroatoms. The third kappa shape index (κ3) is 1.93. The molecule has 0 fully saturated rings. The minimum absolute atomic E-state index is 0.456. The Morgan fingerprint density at radius 1 is 0.607 bits per heavy atom. The highest BCUT2D eigenvalue weighted by Gasteiger charge is 2.57. The molecule has 6 rings (SSSR count). The van der Waals surface area contributed by atoms with Gasteiger partial charge in [-0.2, -0.15) is 0 Å². The summed E-state index contributed by atoms with van der Waals surface area (Å²) >= 11 is 0. The fourth-order valence-electron chi connectivity index (χ4n) is 5.00. The van der Waals surface area contributed by atoms with Crippen LogP contribution in [0.1, 0.15) is 33.4 Å². The van der Waals surface area contributed by atoms with E-state index in [0.29, 0.717) is 0 Å². The van der Waals surface area contributed by atoms with E-state index in [1.165, 1.54) is 33.4 Å². The highest BCUT2D eigenvalue weighted by molar-refractivity contribution is 6.83. The molecule has 3 aliphatic rings. The van der Waals surface area contributed by atoms with Crippen LogP contribution in [0.25, 0.3) is 0 Å². The van der Waals surface area contributed by atoms with Crippen LogP contribution < -0.4 is 0 Å². The summed E-state index contributed by atoms with van der Waals surface area (Å²) in [6.07, 6.45) is 6.33. The van der Waals surface area contributed by atoms with Gasteiger partial charge in [0, 0.05) is 0 Å². The standard InChI is InChI=1S/C27H22Si/c1-5-26-20-12-6-9-15-23(20)27(18-19-28(2,3)4,24-16-10-7-13-21(24)26)25-17-11-8-14-22(25)26/h1,6-17H,2-4H3. The lowest BCUT2D eigenvalue weighted by molar-refractivity contribution is 0.606. The summed E-state index contributed by atoms with van der Waals surface area (Å²) in [6.45, 7) is 6.91. The lowest BCUT2D eigenvalue weighted by Crippen LogP contribution is -2.49. The Kier molecular flexibility index (Phi) is 3.37. The minimum atomic E-state index is -1.58. The molecule has 0 unspecified atom stereocenters. The maximum Gasteiger partial charge on any atom is 0.129 e. The number of hydrogen-bond donors (Lipinski definition) is 0. The maximum atomic E-state index is 6.33. The Morgan fingerprint density at radius 2 is 0.929 bits per heavy atom. The van der Waals surface area contributed by atoms with Crippen molar-refractivity contribution in [2.45, 2.75) is 30.5 Å². The zero-order valence-corrected chi connectivity index (χ0v) is 17.5. The van der Waals surface area contributed by atoms with Crippen LogP contribution in [0.2, 0.25) is 19.6 Å². The molecular formula is C27H22Si. The van der Waals surface area contributed by atoms with Crippen molar-refractivity contribution in [3.8, 4) is 23.8 Å². The summed E-state index contributed by atoms with van der Waals surface area (Å²) in [4.78, 5) is 0. The van der Waals surface area contributed by atoms with Gasteiger partial charge in [0.2, 0.25) is 0 Å². The lowest BCUT2D eigenvalue weighted by Gasteiger charge is -2.52. The quantitative estimate of drug-likeness (QED) is 0.360. The van der Waals surface area contributed by atoms with Crippen LogP contribution in [0.4, 0.5) is 0 Å². The van der Waals surface area contributed by atoms with E-state index in [0.717, 1.165) is 0 Å². The Morgan fingerprint density at radius 3 is 1.21 bits per heavy atom. The summed E-state index contributed by atoms with van der Waals surface area (Å²) in [5.74, 6) is 7.04. The van der Waals surface area contributed by atoms with Crippen LogP contribution in [-0.4, -0.2) is 8.07 Å². The first-order valence-electron chi connectivity index (χ1n) is 9.77. The molecule has 2 bridgehead atoms. The normalized spacial score (nSPS) is 23.5. The third-order valence-electron chi connectivity index (χ3n) is 6.05. The van der Waals surface area contributed by atoms with Crippen molar-refractivity contribution in [3.05, 3.63) is 106 Å². The van der Waals surface area contributed by atoms with Crippen molar-refractivity contribution < 1.29 is 0 Å². The summed E-state index contributed by atoms with van der Waals surface area (Å²) in [5, 5.41) is 0. The predicted octanol–water partition coefficient (Wildman–Crippen LogP) is 5.50. The monoisotopic (exact) mass is 374 g/mol. The number of rotatable bonds is 0. The first-order chi connectivity index (χ1) is 13.4. The summed E-state index contributed by atoms with van der Waals surface area (Å²) in [5.41, 5.74) is 10.1. The van der Waals surface area contributed by atoms with Crippen molar-refractivity contribution in [1.29, 1.82) is 0 Å². The fourth-order valence-corrected chi connectivity index (χ4v) is 5.56. The third-order valence-corrected chi connectivity index (χ3v) is 6.92. The molecule has 0 amide bonds. The average Bonchev–Trinajstić information content (AvgIpc) is 2.72. The van der Waals surface area contributed by atoms with Crippen LogP contribution in [0.15, 0.2) is 72.8 Å². The number of benzene rings is 3. The van der Waals surface area contributed by atoms with Crippen molar-refractivity contribution in [1.82, 2.24) is 0 Å².